The molecule has 0 fully saturated rings. The van der Waals surface area contributed by atoms with Crippen LogP contribution in [0.4, 0.5) is 0 Å². The maximum atomic E-state index is 12.9. The topological polar surface area (TPSA) is 75.7 Å². The Balaban J connectivity index is 0.00000560. The molecule has 2 atom stereocenters. The van der Waals surface area contributed by atoms with E-state index >= 15 is 0 Å². The summed E-state index contributed by atoms with van der Waals surface area (Å²) in [4.78, 5) is 15.2. The van der Waals surface area contributed by atoms with E-state index in [4.69, 9.17) is 28.4 Å². The molecule has 0 aliphatic heterocycles. The number of ether oxygens (including phenoxy) is 6. The van der Waals surface area contributed by atoms with Crippen molar-refractivity contribution in [2.75, 3.05) is 62.3 Å². The van der Waals surface area contributed by atoms with Gasteiger partial charge in [0.25, 0.3) is 0 Å². The van der Waals surface area contributed by atoms with Crippen LogP contribution in [0.2, 0.25) is 0 Å². The Kier molecular flexibility index (Phi) is 12.9. The van der Waals surface area contributed by atoms with Crippen molar-refractivity contribution in [3.05, 3.63) is 47.0 Å². The van der Waals surface area contributed by atoms with E-state index in [0.717, 1.165) is 55.2 Å². The summed E-state index contributed by atoms with van der Waals surface area (Å²) < 4.78 is 33.5. The number of likely N-dealkylation sites (N-methyl/N-ethyl adjacent to an activating group) is 1. The Morgan fingerprint density at radius 1 is 0.925 bits per heavy atom. The van der Waals surface area contributed by atoms with Gasteiger partial charge < -0.3 is 33.3 Å². The smallest absolute Gasteiger partial charge is 0.332 e. The largest absolute Gasteiger partial charge is 0.493 e. The van der Waals surface area contributed by atoms with Crippen LogP contribution < -0.4 is 18.9 Å². The van der Waals surface area contributed by atoms with Gasteiger partial charge in [-0.05, 0) is 73.2 Å². The van der Waals surface area contributed by atoms with Crippen LogP contribution >= 0.6 is 12.4 Å². The molecule has 224 valence electrons. The number of carbonyl (C=O) groups is 1. The van der Waals surface area contributed by atoms with Crippen molar-refractivity contribution in [1.29, 1.82) is 0 Å². The highest BCUT2D eigenvalue weighted by molar-refractivity contribution is 5.85. The van der Waals surface area contributed by atoms with Crippen LogP contribution in [-0.2, 0) is 27.1 Å². The molecule has 2 aromatic rings. The zero-order chi connectivity index (χ0) is 28.6. The minimum absolute atomic E-state index is 0. The standard InChI is InChI=1S/C31H45NO7.ClH/c1-21(2)30-24-19-28(38-8)27(37-7)18-23(24)11-13-31(30,39-29(33)20-34-4)14-16-32(3)15-12-22-9-10-25(35-5)26(17-22)36-6;/h9-10,17-19,21,30H,11-16,20H2,1-8H3;1H/t30-,31-;/m1./s1. The van der Waals surface area contributed by atoms with Crippen LogP contribution in [-0.4, -0.2) is 78.8 Å². The fourth-order valence-corrected chi connectivity index (χ4v) is 5.86. The number of esters is 1. The predicted molar refractivity (Wildman–Crippen MR) is 159 cm³/mol. The molecule has 8 nitrogen and oxygen atoms in total. The van der Waals surface area contributed by atoms with E-state index in [0.29, 0.717) is 12.2 Å². The first-order valence-electron chi connectivity index (χ1n) is 13.6. The maximum Gasteiger partial charge on any atom is 0.332 e. The molecule has 0 radical (unpaired) electrons. The van der Waals surface area contributed by atoms with Gasteiger partial charge in [-0.25, -0.2) is 4.79 Å². The van der Waals surface area contributed by atoms with Gasteiger partial charge in [-0.3, -0.25) is 0 Å². The minimum Gasteiger partial charge on any atom is -0.493 e. The highest BCUT2D eigenvalue weighted by atomic mass is 35.5. The summed E-state index contributed by atoms with van der Waals surface area (Å²) in [6.45, 7) is 5.94. The molecule has 0 saturated heterocycles. The minimum atomic E-state index is -0.659. The first-order chi connectivity index (χ1) is 18.7. The monoisotopic (exact) mass is 579 g/mol. The maximum absolute atomic E-state index is 12.9. The number of nitrogens with zero attached hydrogens (tertiary/aromatic N) is 1. The molecule has 3 rings (SSSR count). The number of rotatable bonds is 14. The van der Waals surface area contributed by atoms with Crippen LogP contribution in [0.25, 0.3) is 0 Å². The Bertz CT molecular complexity index is 1110. The molecule has 0 bridgehead atoms. The van der Waals surface area contributed by atoms with E-state index < -0.39 is 5.60 Å². The zero-order valence-corrected chi connectivity index (χ0v) is 26.0. The van der Waals surface area contributed by atoms with Crippen LogP contribution in [0, 0.1) is 5.92 Å². The molecule has 0 heterocycles. The Labute approximate surface area is 245 Å². The number of aryl methyl sites for hydroxylation is 1. The van der Waals surface area contributed by atoms with Gasteiger partial charge in [0.2, 0.25) is 0 Å². The summed E-state index contributed by atoms with van der Waals surface area (Å²) in [5, 5.41) is 0. The second-order valence-electron chi connectivity index (χ2n) is 10.6. The average Bonchev–Trinajstić information content (AvgIpc) is 2.93. The summed E-state index contributed by atoms with van der Waals surface area (Å²) in [7, 11) is 10.2. The number of fused-ring (bicyclic) bond motifs is 1. The Hall–Kier alpha value is -2.68. The third kappa shape index (κ3) is 7.74. The van der Waals surface area contributed by atoms with Gasteiger partial charge in [0.1, 0.15) is 12.2 Å². The lowest BCUT2D eigenvalue weighted by Gasteiger charge is -2.47. The molecule has 0 N–H and O–H groups in total. The second kappa shape index (κ2) is 15.4. The SMILES string of the molecule is COCC(=O)O[C@@]1(CCN(C)CCc2ccc(OC)c(OC)c2)CCc2cc(OC)c(OC)cc2[C@H]1C(C)C.Cl. The Morgan fingerprint density at radius 2 is 1.55 bits per heavy atom. The van der Waals surface area contributed by atoms with Gasteiger partial charge in [-0.15, -0.1) is 12.4 Å². The van der Waals surface area contributed by atoms with Gasteiger partial charge >= 0.3 is 5.97 Å². The van der Waals surface area contributed by atoms with E-state index in [1.807, 2.05) is 12.1 Å². The number of halogens is 1. The number of benzene rings is 2. The van der Waals surface area contributed by atoms with Gasteiger partial charge in [0.15, 0.2) is 23.0 Å². The van der Waals surface area contributed by atoms with Crippen LogP contribution in [0.1, 0.15) is 49.3 Å². The van der Waals surface area contributed by atoms with Crippen molar-refractivity contribution in [1.82, 2.24) is 4.90 Å². The van der Waals surface area contributed by atoms with Gasteiger partial charge in [0, 0.05) is 32.5 Å². The van der Waals surface area contributed by atoms with E-state index in [9.17, 15) is 4.79 Å². The highest BCUT2D eigenvalue weighted by Gasteiger charge is 2.48. The molecule has 1 aliphatic rings. The molecule has 0 amide bonds. The van der Waals surface area contributed by atoms with E-state index in [2.05, 4.69) is 44.0 Å². The normalized spacial score (nSPS) is 18.1. The Morgan fingerprint density at radius 3 is 2.15 bits per heavy atom. The molecule has 40 heavy (non-hydrogen) atoms. The molecule has 0 aromatic heterocycles. The fraction of sp³-hybridized carbons (Fsp3) is 0.581. The van der Waals surface area contributed by atoms with Crippen molar-refractivity contribution >= 4 is 18.4 Å². The lowest BCUT2D eigenvalue weighted by atomic mass is 9.65. The number of carbonyl (C=O) groups excluding carboxylic acids is 1. The lowest BCUT2D eigenvalue weighted by molar-refractivity contribution is -0.172. The van der Waals surface area contributed by atoms with Crippen molar-refractivity contribution in [3.8, 4) is 23.0 Å². The van der Waals surface area contributed by atoms with E-state index in [1.54, 1.807) is 28.4 Å². The van der Waals surface area contributed by atoms with Crippen molar-refractivity contribution in [3.63, 3.8) is 0 Å². The average molecular weight is 580 g/mol. The van der Waals surface area contributed by atoms with Crippen molar-refractivity contribution in [2.24, 2.45) is 5.92 Å². The summed E-state index contributed by atoms with van der Waals surface area (Å²) in [6, 6.07) is 10.2. The lowest BCUT2D eigenvalue weighted by Crippen LogP contribution is -2.49. The van der Waals surface area contributed by atoms with Crippen LogP contribution in [0.15, 0.2) is 30.3 Å². The molecular weight excluding hydrogens is 534 g/mol. The molecule has 0 saturated carbocycles. The van der Waals surface area contributed by atoms with Crippen molar-refractivity contribution < 1.29 is 33.2 Å². The number of methoxy groups -OCH3 is 5. The summed E-state index contributed by atoms with van der Waals surface area (Å²) in [5.74, 6) is 2.76. The molecule has 1 aliphatic carbocycles. The molecule has 9 heteroatoms. The quantitative estimate of drug-likeness (QED) is 0.278. The number of hydrogen-bond donors (Lipinski definition) is 0. The van der Waals surface area contributed by atoms with Gasteiger partial charge in [-0.1, -0.05) is 19.9 Å². The third-order valence-corrected chi connectivity index (χ3v) is 7.76. The third-order valence-electron chi connectivity index (χ3n) is 7.76. The summed E-state index contributed by atoms with van der Waals surface area (Å²) >= 11 is 0. The summed E-state index contributed by atoms with van der Waals surface area (Å²) in [5.41, 5.74) is 2.89. The van der Waals surface area contributed by atoms with E-state index in [1.165, 1.54) is 18.2 Å². The van der Waals surface area contributed by atoms with Crippen LogP contribution in [0.3, 0.4) is 0 Å². The highest BCUT2D eigenvalue weighted by Crippen LogP contribution is 2.50. The van der Waals surface area contributed by atoms with Gasteiger partial charge in [-0.2, -0.15) is 0 Å². The first-order valence-corrected chi connectivity index (χ1v) is 13.6. The first kappa shape index (κ1) is 33.5. The van der Waals surface area contributed by atoms with Gasteiger partial charge in [0.05, 0.1) is 28.4 Å². The fourth-order valence-electron chi connectivity index (χ4n) is 5.86. The van der Waals surface area contributed by atoms with Crippen molar-refractivity contribution in [2.45, 2.75) is 51.0 Å². The molecular formula is C31H46ClNO7. The second-order valence-corrected chi connectivity index (χ2v) is 10.6. The van der Waals surface area contributed by atoms with E-state index in [-0.39, 0.29) is 36.8 Å². The zero-order valence-electron chi connectivity index (χ0n) is 25.2. The summed E-state index contributed by atoms with van der Waals surface area (Å²) in [6.07, 6.45) is 3.09. The molecule has 2 aromatic carbocycles. The molecule has 0 spiro atoms. The molecule has 0 unspecified atom stereocenters. The number of hydrogen-bond acceptors (Lipinski definition) is 8. The van der Waals surface area contributed by atoms with Crippen LogP contribution in [0.5, 0.6) is 23.0 Å². The predicted octanol–water partition coefficient (Wildman–Crippen LogP) is 5.32.